The molecule has 100 valence electrons. The first-order valence-corrected chi connectivity index (χ1v) is 6.77. The molecule has 0 spiro atoms. The number of hydrogen-bond acceptors (Lipinski definition) is 4. The lowest BCUT2D eigenvalue weighted by Crippen LogP contribution is -2.45. The molecule has 2 bridgehead atoms. The molecule has 0 saturated carbocycles. The van der Waals surface area contributed by atoms with Crippen molar-refractivity contribution in [3.8, 4) is 11.8 Å². The molecule has 0 amide bonds. The van der Waals surface area contributed by atoms with Crippen LogP contribution in [-0.4, -0.2) is 30.4 Å². The largest absolute Gasteiger partial charge is 0.497 e. The Kier molecular flexibility index (Phi) is 3.08. The minimum absolute atomic E-state index is 0.190. The van der Waals surface area contributed by atoms with E-state index in [4.69, 9.17) is 4.74 Å². The number of anilines is 1. The maximum absolute atomic E-state index is 9.87. The van der Waals surface area contributed by atoms with Crippen molar-refractivity contribution in [2.24, 2.45) is 0 Å². The maximum Gasteiger partial charge on any atom is 0.121 e. The van der Waals surface area contributed by atoms with E-state index in [1.807, 2.05) is 18.2 Å². The van der Waals surface area contributed by atoms with Crippen molar-refractivity contribution in [1.29, 1.82) is 5.26 Å². The second-order valence-corrected chi connectivity index (χ2v) is 5.41. The molecule has 0 radical (unpaired) electrons. The van der Waals surface area contributed by atoms with E-state index in [0.717, 1.165) is 37.1 Å². The zero-order valence-corrected chi connectivity index (χ0v) is 11.0. The molecular weight excluding hydrogens is 240 g/mol. The van der Waals surface area contributed by atoms with Crippen molar-refractivity contribution in [2.45, 2.75) is 43.9 Å². The Morgan fingerprint density at radius 1 is 1.32 bits per heavy atom. The fourth-order valence-corrected chi connectivity index (χ4v) is 3.49. The molecule has 1 aromatic carbocycles. The molecule has 3 rings (SSSR count). The Morgan fingerprint density at radius 3 is 2.58 bits per heavy atom. The van der Waals surface area contributed by atoms with Crippen LogP contribution in [0.2, 0.25) is 0 Å². The van der Waals surface area contributed by atoms with Gasteiger partial charge in [-0.1, -0.05) is 0 Å². The molecule has 2 aliphatic rings. The molecule has 1 N–H and O–H groups in total. The van der Waals surface area contributed by atoms with E-state index in [2.05, 4.69) is 11.0 Å². The van der Waals surface area contributed by atoms with Gasteiger partial charge in [-0.15, -0.1) is 0 Å². The number of nitrogens with zero attached hydrogens (tertiary/aromatic N) is 2. The number of hydrogen-bond donors (Lipinski definition) is 1. The zero-order valence-electron chi connectivity index (χ0n) is 11.0. The Hall–Kier alpha value is -1.73. The van der Waals surface area contributed by atoms with E-state index in [0.29, 0.717) is 17.6 Å². The van der Waals surface area contributed by atoms with E-state index in [9.17, 15) is 10.4 Å². The van der Waals surface area contributed by atoms with Gasteiger partial charge in [0.2, 0.25) is 0 Å². The van der Waals surface area contributed by atoms with Crippen LogP contribution in [0.15, 0.2) is 18.2 Å². The monoisotopic (exact) mass is 258 g/mol. The predicted octanol–water partition coefficient (Wildman–Crippen LogP) is 2.06. The third-order valence-electron chi connectivity index (χ3n) is 4.31. The van der Waals surface area contributed by atoms with Crippen LogP contribution in [0, 0.1) is 11.3 Å². The SMILES string of the molecule is COc1ccc(C#N)c(N2C3CCC2CC(O)C3)c1. The minimum atomic E-state index is -0.190. The number of aliphatic hydroxyl groups is 1. The fraction of sp³-hybridized carbons (Fsp3) is 0.533. The summed E-state index contributed by atoms with van der Waals surface area (Å²) in [5.74, 6) is 0.777. The molecule has 4 nitrogen and oxygen atoms in total. The van der Waals surface area contributed by atoms with Crippen molar-refractivity contribution in [3.63, 3.8) is 0 Å². The Bertz CT molecular complexity index is 509. The average Bonchev–Trinajstić information content (AvgIpc) is 2.70. The number of aliphatic hydroxyl groups excluding tert-OH is 1. The summed E-state index contributed by atoms with van der Waals surface area (Å²) in [5.41, 5.74) is 1.65. The predicted molar refractivity (Wildman–Crippen MR) is 72.2 cm³/mol. The van der Waals surface area contributed by atoms with E-state index in [1.165, 1.54) is 0 Å². The smallest absolute Gasteiger partial charge is 0.121 e. The van der Waals surface area contributed by atoms with Gasteiger partial charge < -0.3 is 14.7 Å². The highest BCUT2D eigenvalue weighted by Crippen LogP contribution is 2.41. The first kappa shape index (κ1) is 12.3. The lowest BCUT2D eigenvalue weighted by atomic mass is 9.98. The van der Waals surface area contributed by atoms with Gasteiger partial charge in [-0.05, 0) is 37.8 Å². The van der Waals surface area contributed by atoms with Gasteiger partial charge in [0.05, 0.1) is 24.5 Å². The zero-order chi connectivity index (χ0) is 13.4. The molecule has 2 fully saturated rings. The number of rotatable bonds is 2. The summed E-state index contributed by atoms with van der Waals surface area (Å²) in [4.78, 5) is 2.33. The lowest BCUT2D eigenvalue weighted by molar-refractivity contribution is 0.126. The number of methoxy groups -OCH3 is 1. The molecule has 2 saturated heterocycles. The van der Waals surface area contributed by atoms with Gasteiger partial charge in [0.15, 0.2) is 0 Å². The van der Waals surface area contributed by atoms with Crippen LogP contribution >= 0.6 is 0 Å². The second kappa shape index (κ2) is 4.75. The Morgan fingerprint density at radius 2 is 2.00 bits per heavy atom. The summed E-state index contributed by atoms with van der Waals surface area (Å²) in [7, 11) is 1.64. The Balaban J connectivity index is 2.00. The van der Waals surface area contributed by atoms with Crippen LogP contribution in [0.25, 0.3) is 0 Å². The molecule has 1 aromatic rings. The van der Waals surface area contributed by atoms with Crippen LogP contribution in [0.1, 0.15) is 31.2 Å². The molecule has 2 atom stereocenters. The molecule has 4 heteroatoms. The van der Waals surface area contributed by atoms with Gasteiger partial charge in [0.25, 0.3) is 0 Å². The average molecular weight is 258 g/mol. The van der Waals surface area contributed by atoms with E-state index in [1.54, 1.807) is 7.11 Å². The maximum atomic E-state index is 9.87. The lowest BCUT2D eigenvalue weighted by Gasteiger charge is -2.39. The van der Waals surface area contributed by atoms with E-state index >= 15 is 0 Å². The van der Waals surface area contributed by atoms with Gasteiger partial charge in [-0.25, -0.2) is 0 Å². The fourth-order valence-electron chi connectivity index (χ4n) is 3.49. The van der Waals surface area contributed by atoms with Crippen molar-refractivity contribution >= 4 is 5.69 Å². The number of fused-ring (bicyclic) bond motifs is 2. The molecular formula is C15H18N2O2. The first-order valence-electron chi connectivity index (χ1n) is 6.77. The Labute approximate surface area is 113 Å². The summed E-state index contributed by atoms with van der Waals surface area (Å²) in [6, 6.07) is 8.56. The second-order valence-electron chi connectivity index (χ2n) is 5.41. The van der Waals surface area contributed by atoms with Crippen molar-refractivity contribution in [3.05, 3.63) is 23.8 Å². The summed E-state index contributed by atoms with van der Waals surface area (Å²) in [6.45, 7) is 0. The standard InChI is InChI=1S/C15H18N2O2/c1-19-14-5-2-10(9-16)15(8-14)17-11-3-4-12(17)7-13(18)6-11/h2,5,8,11-13,18H,3-4,6-7H2,1H3. The third kappa shape index (κ3) is 2.04. The highest BCUT2D eigenvalue weighted by molar-refractivity contribution is 5.64. The first-order chi connectivity index (χ1) is 9.22. The van der Waals surface area contributed by atoms with E-state index < -0.39 is 0 Å². The van der Waals surface area contributed by atoms with Gasteiger partial charge in [0, 0.05) is 18.2 Å². The minimum Gasteiger partial charge on any atom is -0.497 e. The highest BCUT2D eigenvalue weighted by atomic mass is 16.5. The topological polar surface area (TPSA) is 56.5 Å². The molecule has 2 heterocycles. The molecule has 2 unspecified atom stereocenters. The summed E-state index contributed by atoms with van der Waals surface area (Å²) in [6.07, 6.45) is 3.62. The van der Waals surface area contributed by atoms with Crippen LogP contribution in [0.3, 0.4) is 0 Å². The highest BCUT2D eigenvalue weighted by Gasteiger charge is 2.41. The number of ether oxygens (including phenoxy) is 1. The number of benzene rings is 1. The summed E-state index contributed by atoms with van der Waals surface area (Å²) < 4.78 is 5.27. The molecule has 19 heavy (non-hydrogen) atoms. The van der Waals surface area contributed by atoms with Crippen molar-refractivity contribution < 1.29 is 9.84 Å². The van der Waals surface area contributed by atoms with Crippen LogP contribution in [0.4, 0.5) is 5.69 Å². The quantitative estimate of drug-likeness (QED) is 0.882. The van der Waals surface area contributed by atoms with Gasteiger partial charge in [0.1, 0.15) is 11.8 Å². The van der Waals surface area contributed by atoms with Crippen LogP contribution < -0.4 is 9.64 Å². The van der Waals surface area contributed by atoms with Gasteiger partial charge in [-0.3, -0.25) is 0 Å². The van der Waals surface area contributed by atoms with Crippen molar-refractivity contribution in [2.75, 3.05) is 12.0 Å². The van der Waals surface area contributed by atoms with Crippen molar-refractivity contribution in [1.82, 2.24) is 0 Å². The molecule has 0 aliphatic carbocycles. The number of nitriles is 1. The van der Waals surface area contributed by atoms with Crippen LogP contribution in [0.5, 0.6) is 5.75 Å². The van der Waals surface area contributed by atoms with Gasteiger partial charge >= 0.3 is 0 Å². The van der Waals surface area contributed by atoms with Gasteiger partial charge in [-0.2, -0.15) is 5.26 Å². The van der Waals surface area contributed by atoms with E-state index in [-0.39, 0.29) is 6.10 Å². The molecule has 2 aliphatic heterocycles. The molecule has 0 aromatic heterocycles. The van der Waals surface area contributed by atoms with Crippen LogP contribution in [-0.2, 0) is 0 Å². The third-order valence-corrected chi connectivity index (χ3v) is 4.31. The summed E-state index contributed by atoms with van der Waals surface area (Å²) in [5, 5.41) is 19.2. The normalized spacial score (nSPS) is 29.1. The number of piperidine rings is 1. The summed E-state index contributed by atoms with van der Waals surface area (Å²) >= 11 is 0.